The van der Waals surface area contributed by atoms with Crippen LogP contribution in [0.2, 0.25) is 0 Å². The molecule has 0 radical (unpaired) electrons. The molecule has 1 N–H and O–H groups in total. The van der Waals surface area contributed by atoms with Gasteiger partial charge >= 0.3 is 0 Å². The average molecular weight is 525 g/mol. The van der Waals surface area contributed by atoms with Crippen LogP contribution >= 0.6 is 0 Å². The second kappa shape index (κ2) is 12.1. The predicted molar refractivity (Wildman–Crippen MR) is 147 cm³/mol. The van der Waals surface area contributed by atoms with Crippen molar-refractivity contribution in [3.8, 4) is 11.5 Å². The maximum atomic E-state index is 13.6. The Balaban J connectivity index is 1.88. The highest BCUT2D eigenvalue weighted by Crippen LogP contribution is 2.32. The van der Waals surface area contributed by atoms with Gasteiger partial charge < -0.3 is 14.8 Å². The monoisotopic (exact) mass is 524 g/mol. The van der Waals surface area contributed by atoms with Gasteiger partial charge in [-0.3, -0.25) is 9.10 Å². The third-order valence-corrected chi connectivity index (χ3v) is 7.93. The molecule has 7 nitrogen and oxygen atoms in total. The van der Waals surface area contributed by atoms with E-state index in [0.717, 1.165) is 26.7 Å². The predicted octanol–water partition coefficient (Wildman–Crippen LogP) is 5.60. The Kier molecular flexibility index (Phi) is 9.21. The molecule has 0 heterocycles. The quantitative estimate of drug-likeness (QED) is 0.353. The van der Waals surface area contributed by atoms with Crippen LogP contribution in [-0.2, 0) is 14.8 Å². The minimum atomic E-state index is -4.02. The minimum Gasteiger partial charge on any atom is -0.496 e. The van der Waals surface area contributed by atoms with Crippen LogP contribution in [0.3, 0.4) is 0 Å². The van der Waals surface area contributed by atoms with Gasteiger partial charge in [0.1, 0.15) is 18.0 Å². The van der Waals surface area contributed by atoms with E-state index >= 15 is 0 Å². The van der Waals surface area contributed by atoms with Crippen molar-refractivity contribution in [3.63, 3.8) is 0 Å². The highest BCUT2D eigenvalue weighted by molar-refractivity contribution is 7.92. The normalized spacial score (nSPS) is 12.2. The Morgan fingerprint density at radius 1 is 0.973 bits per heavy atom. The number of sulfonamides is 1. The fourth-order valence-electron chi connectivity index (χ4n) is 4.22. The van der Waals surface area contributed by atoms with Gasteiger partial charge in [-0.05, 0) is 91.9 Å². The summed E-state index contributed by atoms with van der Waals surface area (Å²) in [6.45, 7) is 10.0. The smallest absolute Gasteiger partial charge is 0.264 e. The molecule has 0 saturated carbocycles. The molecule has 3 rings (SSSR count). The van der Waals surface area contributed by atoms with Gasteiger partial charge in [-0.2, -0.15) is 0 Å². The second-order valence-electron chi connectivity index (χ2n) is 9.15. The number of hydrogen-bond donors (Lipinski definition) is 1. The third kappa shape index (κ3) is 6.63. The molecule has 0 aromatic heterocycles. The zero-order valence-electron chi connectivity index (χ0n) is 22.3. The van der Waals surface area contributed by atoms with E-state index < -0.39 is 15.9 Å². The Morgan fingerprint density at radius 3 is 2.19 bits per heavy atom. The molecule has 0 spiro atoms. The first-order valence-electron chi connectivity index (χ1n) is 12.4. The first-order chi connectivity index (χ1) is 17.6. The molecule has 3 aromatic rings. The molecule has 198 valence electrons. The molecule has 1 unspecified atom stereocenters. The van der Waals surface area contributed by atoms with Crippen LogP contribution in [0.15, 0.2) is 71.6 Å². The Morgan fingerprint density at radius 2 is 1.62 bits per heavy atom. The first-order valence-corrected chi connectivity index (χ1v) is 13.8. The van der Waals surface area contributed by atoms with Gasteiger partial charge in [0.2, 0.25) is 5.91 Å². The maximum absolute atomic E-state index is 13.6. The molecule has 37 heavy (non-hydrogen) atoms. The number of nitrogens with one attached hydrogen (secondary N) is 1. The third-order valence-electron chi connectivity index (χ3n) is 6.14. The number of hydrogen-bond acceptors (Lipinski definition) is 5. The van der Waals surface area contributed by atoms with Crippen molar-refractivity contribution in [1.29, 1.82) is 0 Å². The number of nitrogens with zero attached hydrogens (tertiary/aromatic N) is 1. The van der Waals surface area contributed by atoms with E-state index in [0.29, 0.717) is 18.0 Å². The second-order valence-corrected chi connectivity index (χ2v) is 11.0. The molecule has 0 bridgehead atoms. The molecule has 8 heteroatoms. The number of rotatable bonds is 11. The summed E-state index contributed by atoms with van der Waals surface area (Å²) in [5.74, 6) is 1.22. The van der Waals surface area contributed by atoms with Crippen molar-refractivity contribution >= 4 is 21.6 Å². The van der Waals surface area contributed by atoms with Crippen molar-refractivity contribution < 1.29 is 22.7 Å². The topological polar surface area (TPSA) is 84.9 Å². The van der Waals surface area contributed by atoms with Gasteiger partial charge in [0.25, 0.3) is 10.0 Å². The maximum Gasteiger partial charge on any atom is 0.264 e. The van der Waals surface area contributed by atoms with Gasteiger partial charge in [-0.15, -0.1) is 0 Å². The molecule has 0 aliphatic carbocycles. The number of aryl methyl sites for hydroxylation is 1. The Hall–Kier alpha value is -3.52. The average Bonchev–Trinajstić information content (AvgIpc) is 2.87. The lowest BCUT2D eigenvalue weighted by atomic mass is 9.93. The number of benzene rings is 3. The van der Waals surface area contributed by atoms with Gasteiger partial charge in [0.05, 0.1) is 30.3 Å². The van der Waals surface area contributed by atoms with Crippen LogP contribution in [-0.4, -0.2) is 34.6 Å². The SMILES string of the molecule is CCOc1ccc(S(=O)(=O)N(CC(=O)NC(C)c2cc(C(C)C)c(OC)cc2C)c2ccccc2)cc1. The van der Waals surface area contributed by atoms with Crippen LogP contribution in [0.4, 0.5) is 5.69 Å². The van der Waals surface area contributed by atoms with E-state index in [-0.39, 0.29) is 23.4 Å². The number of carbonyl (C=O) groups is 1. The van der Waals surface area contributed by atoms with E-state index in [1.807, 2.05) is 26.8 Å². The fraction of sp³-hybridized carbons (Fsp3) is 0.345. The van der Waals surface area contributed by atoms with E-state index in [2.05, 4.69) is 25.2 Å². The highest BCUT2D eigenvalue weighted by atomic mass is 32.2. The van der Waals surface area contributed by atoms with E-state index in [1.54, 1.807) is 49.6 Å². The summed E-state index contributed by atoms with van der Waals surface area (Å²) < 4.78 is 39.4. The van der Waals surface area contributed by atoms with Crippen molar-refractivity contribution in [1.82, 2.24) is 5.32 Å². The van der Waals surface area contributed by atoms with Crippen LogP contribution in [0.1, 0.15) is 56.3 Å². The number of carbonyl (C=O) groups excluding carboxylic acids is 1. The molecular formula is C29H36N2O5S. The summed E-state index contributed by atoms with van der Waals surface area (Å²) in [6, 6.07) is 18.5. The van der Waals surface area contributed by atoms with E-state index in [1.165, 1.54) is 12.1 Å². The highest BCUT2D eigenvalue weighted by Gasteiger charge is 2.28. The fourth-order valence-corrected chi connectivity index (χ4v) is 5.64. The lowest BCUT2D eigenvalue weighted by Crippen LogP contribution is -2.41. The number of amides is 1. The van der Waals surface area contributed by atoms with Gasteiger partial charge in [0.15, 0.2) is 0 Å². The lowest BCUT2D eigenvalue weighted by molar-refractivity contribution is -0.120. The molecule has 0 fully saturated rings. The summed E-state index contributed by atoms with van der Waals surface area (Å²) in [7, 11) is -2.37. The number of anilines is 1. The molecule has 0 saturated heterocycles. The molecule has 1 atom stereocenters. The largest absolute Gasteiger partial charge is 0.496 e. The van der Waals surface area contributed by atoms with Gasteiger partial charge in [-0.25, -0.2) is 8.42 Å². The van der Waals surface area contributed by atoms with Crippen LogP contribution in [0.25, 0.3) is 0 Å². The zero-order chi connectivity index (χ0) is 27.2. The lowest BCUT2D eigenvalue weighted by Gasteiger charge is -2.26. The van der Waals surface area contributed by atoms with Gasteiger partial charge in [0, 0.05) is 0 Å². The van der Waals surface area contributed by atoms with Crippen molar-refractivity contribution in [3.05, 3.63) is 83.4 Å². The number of ether oxygens (including phenoxy) is 2. The first kappa shape index (κ1) is 28.1. The molecular weight excluding hydrogens is 488 g/mol. The molecule has 0 aliphatic heterocycles. The van der Waals surface area contributed by atoms with Crippen molar-refractivity contribution in [2.75, 3.05) is 24.6 Å². The summed E-state index contributed by atoms with van der Waals surface area (Å²) in [4.78, 5) is 13.3. The number of methoxy groups -OCH3 is 1. The summed E-state index contributed by atoms with van der Waals surface area (Å²) in [5.41, 5.74) is 3.39. The van der Waals surface area contributed by atoms with Crippen LogP contribution in [0, 0.1) is 6.92 Å². The van der Waals surface area contributed by atoms with E-state index in [9.17, 15) is 13.2 Å². The van der Waals surface area contributed by atoms with Crippen molar-refractivity contribution in [2.45, 2.75) is 51.5 Å². The molecule has 0 aliphatic rings. The summed E-state index contributed by atoms with van der Waals surface area (Å²) in [5, 5.41) is 2.98. The zero-order valence-corrected chi connectivity index (χ0v) is 23.1. The summed E-state index contributed by atoms with van der Waals surface area (Å²) in [6.07, 6.45) is 0. The summed E-state index contributed by atoms with van der Waals surface area (Å²) >= 11 is 0. The Labute approximate surface area is 220 Å². The number of para-hydroxylation sites is 1. The Bertz CT molecular complexity index is 1310. The van der Waals surface area contributed by atoms with E-state index in [4.69, 9.17) is 9.47 Å². The van der Waals surface area contributed by atoms with Crippen LogP contribution in [0.5, 0.6) is 11.5 Å². The van der Waals surface area contributed by atoms with Gasteiger partial charge in [-0.1, -0.05) is 32.0 Å². The minimum absolute atomic E-state index is 0.0771. The van der Waals surface area contributed by atoms with Crippen molar-refractivity contribution in [2.24, 2.45) is 0 Å². The van der Waals surface area contributed by atoms with Crippen LogP contribution < -0.4 is 19.1 Å². The standard InChI is InChI=1S/C29H36N2O5S/c1-7-36-24-13-15-25(16-14-24)37(33,34)31(23-11-9-8-10-12-23)19-29(32)30-22(5)27-18-26(20(2)3)28(35-6)17-21(27)4/h8-18,20,22H,7,19H2,1-6H3,(H,30,32). The molecule has 1 amide bonds. The molecule has 3 aromatic carbocycles.